The van der Waals surface area contributed by atoms with Gasteiger partial charge in [-0.15, -0.1) is 0 Å². The van der Waals surface area contributed by atoms with Gasteiger partial charge in [-0.2, -0.15) is 0 Å². The number of nitrogens with two attached hydrogens (primary N) is 4. The maximum absolute atomic E-state index is 13.2. The van der Waals surface area contributed by atoms with Gasteiger partial charge in [0.05, 0.1) is 35.3 Å². The van der Waals surface area contributed by atoms with Crippen LogP contribution in [-0.4, -0.2) is 105 Å². The van der Waals surface area contributed by atoms with E-state index < -0.39 is 72.6 Å². The number of aliphatic carboxylic acids is 4. The van der Waals surface area contributed by atoms with E-state index in [1.165, 1.54) is 60.7 Å². The van der Waals surface area contributed by atoms with Crippen LogP contribution < -0.4 is 52.5 Å². The highest BCUT2D eigenvalue weighted by Gasteiger charge is 2.26. The smallest absolute Gasteiger partial charge is 0.343 e. The zero-order chi connectivity index (χ0) is 47.1. The first-order chi connectivity index (χ1) is 30.3. The van der Waals surface area contributed by atoms with Crippen LogP contribution in [0.4, 0.5) is 11.4 Å². The van der Waals surface area contributed by atoms with Gasteiger partial charge in [0.15, 0.2) is 11.9 Å². The van der Waals surface area contributed by atoms with Crippen molar-refractivity contribution < 1.29 is 77.7 Å². The lowest BCUT2D eigenvalue weighted by Crippen LogP contribution is -2.42. The van der Waals surface area contributed by atoms with Crippen molar-refractivity contribution in [2.75, 3.05) is 13.2 Å². The molecule has 64 heavy (non-hydrogen) atoms. The first-order valence-corrected chi connectivity index (χ1v) is 18.2. The summed E-state index contributed by atoms with van der Waals surface area (Å²) in [5, 5.41) is 41.3. The van der Waals surface area contributed by atoms with E-state index in [4.69, 9.17) is 52.1 Å². The van der Waals surface area contributed by atoms with Crippen LogP contribution in [-0.2, 0) is 19.2 Å². The topological polar surface area (TPSA) is 407 Å². The summed E-state index contributed by atoms with van der Waals surface area (Å²) in [4.78, 5) is 106. The molecular formula is C40H38N8O16. The van der Waals surface area contributed by atoms with E-state index in [9.17, 15) is 48.6 Å². The van der Waals surface area contributed by atoms with Crippen LogP contribution >= 0.6 is 0 Å². The van der Waals surface area contributed by atoms with Gasteiger partial charge in [-0.3, -0.25) is 19.2 Å². The van der Waals surface area contributed by atoms with E-state index in [0.717, 1.165) is 24.3 Å². The number of ether oxygens (including phenoxy) is 4. The summed E-state index contributed by atoms with van der Waals surface area (Å²) in [7, 11) is 0. The van der Waals surface area contributed by atoms with Gasteiger partial charge in [0, 0.05) is 23.3 Å². The number of guanidine groups is 2. The Hall–Kier alpha value is -9.22. The number of rotatable bonds is 21. The van der Waals surface area contributed by atoms with E-state index in [0.29, 0.717) is 11.4 Å². The van der Waals surface area contributed by atoms with Gasteiger partial charge in [-0.05, 0) is 72.8 Å². The molecule has 0 aliphatic heterocycles. The number of aliphatic imine (C=N–C) groups is 2. The summed E-state index contributed by atoms with van der Waals surface area (Å²) in [5.41, 5.74) is 21.6. The van der Waals surface area contributed by atoms with Crippen molar-refractivity contribution in [3.63, 3.8) is 0 Å². The van der Waals surface area contributed by atoms with Gasteiger partial charge >= 0.3 is 35.8 Å². The first kappa shape index (κ1) is 47.5. The number of nitrogens with one attached hydrogen (secondary N) is 2. The van der Waals surface area contributed by atoms with Gasteiger partial charge in [-0.1, -0.05) is 0 Å². The first-order valence-electron chi connectivity index (χ1n) is 18.2. The zero-order valence-corrected chi connectivity index (χ0v) is 33.0. The van der Waals surface area contributed by atoms with E-state index in [1.54, 1.807) is 0 Å². The van der Waals surface area contributed by atoms with Gasteiger partial charge in [0.2, 0.25) is 0 Å². The van der Waals surface area contributed by atoms with Crippen molar-refractivity contribution in [1.82, 2.24) is 10.6 Å². The van der Waals surface area contributed by atoms with E-state index in [2.05, 4.69) is 20.6 Å². The van der Waals surface area contributed by atoms with Crippen molar-refractivity contribution in [1.29, 1.82) is 0 Å². The average Bonchev–Trinajstić information content (AvgIpc) is 3.21. The molecule has 14 N–H and O–H groups in total. The minimum atomic E-state index is -1.84. The molecule has 334 valence electrons. The Morgan fingerprint density at radius 3 is 1.11 bits per heavy atom. The zero-order valence-electron chi connectivity index (χ0n) is 33.0. The minimum Gasteiger partial charge on any atom is -0.490 e. The normalized spacial score (nSPS) is 11.3. The number of esters is 2. The maximum atomic E-state index is 13.2. The van der Waals surface area contributed by atoms with Gasteiger partial charge in [0.25, 0.3) is 11.8 Å². The SMILES string of the molecule is NC(N)=Nc1ccc(C(=O)Oc2cc(OCCOc3cc(OC(=O)c4ccc(N=C(N)N)cc4)cc(C(=O)N[C@H](CC(=O)O)C(=O)O)c3)cc(C(=O)N[C@H](CC(=O)O)C(=O)O)c2)cc1. The number of amides is 2. The monoisotopic (exact) mass is 886 g/mol. The summed E-state index contributed by atoms with van der Waals surface area (Å²) < 4.78 is 22.4. The van der Waals surface area contributed by atoms with Crippen LogP contribution in [0, 0.1) is 0 Å². The molecule has 0 aliphatic carbocycles. The van der Waals surface area contributed by atoms with Crippen LogP contribution in [0.15, 0.2) is 94.9 Å². The predicted molar refractivity (Wildman–Crippen MR) is 220 cm³/mol. The van der Waals surface area contributed by atoms with Crippen LogP contribution in [0.3, 0.4) is 0 Å². The number of carboxylic acids is 4. The van der Waals surface area contributed by atoms with Crippen LogP contribution in [0.2, 0.25) is 0 Å². The Morgan fingerprint density at radius 1 is 0.484 bits per heavy atom. The number of hydrogen-bond donors (Lipinski definition) is 10. The second kappa shape index (κ2) is 21.9. The Bertz CT molecular complexity index is 2330. The van der Waals surface area contributed by atoms with Gasteiger partial charge < -0.3 is 72.9 Å². The second-order valence-electron chi connectivity index (χ2n) is 13.0. The molecule has 0 saturated carbocycles. The fourth-order valence-electron chi connectivity index (χ4n) is 5.22. The van der Waals surface area contributed by atoms with E-state index in [1.807, 2.05) is 0 Å². The van der Waals surface area contributed by atoms with Crippen LogP contribution in [0.25, 0.3) is 0 Å². The van der Waals surface area contributed by atoms with Crippen molar-refractivity contribution in [2.24, 2.45) is 32.9 Å². The largest absolute Gasteiger partial charge is 0.490 e. The molecule has 0 heterocycles. The number of carbonyl (C=O) groups is 8. The number of hydrogen-bond acceptors (Lipinski definition) is 14. The quantitative estimate of drug-likeness (QED) is 0.0181. The average molecular weight is 887 g/mol. The molecule has 0 aliphatic rings. The van der Waals surface area contributed by atoms with Crippen molar-refractivity contribution in [3.05, 3.63) is 107 Å². The van der Waals surface area contributed by atoms with Crippen LogP contribution in [0.1, 0.15) is 54.3 Å². The lowest BCUT2D eigenvalue weighted by molar-refractivity contribution is -0.145. The minimum absolute atomic E-state index is 0.0229. The highest BCUT2D eigenvalue weighted by Crippen LogP contribution is 2.27. The molecule has 0 radical (unpaired) electrons. The van der Waals surface area contributed by atoms with Crippen molar-refractivity contribution in [2.45, 2.75) is 24.9 Å². The summed E-state index contributed by atoms with van der Waals surface area (Å²) in [6.45, 7) is -0.705. The second-order valence-corrected chi connectivity index (χ2v) is 13.0. The highest BCUT2D eigenvalue weighted by atomic mass is 16.5. The predicted octanol–water partition coefficient (Wildman–Crippen LogP) is 0.708. The molecule has 24 heteroatoms. The Balaban J connectivity index is 1.59. The third-order valence-electron chi connectivity index (χ3n) is 8.01. The summed E-state index contributed by atoms with van der Waals surface area (Å²) >= 11 is 0. The highest BCUT2D eigenvalue weighted by molar-refractivity contribution is 6.00. The van der Waals surface area contributed by atoms with Crippen LogP contribution in [0.5, 0.6) is 23.0 Å². The summed E-state index contributed by atoms with van der Waals surface area (Å²) in [5.74, 6) is -11.6. The molecule has 0 saturated heterocycles. The Labute approximate surface area is 360 Å². The third kappa shape index (κ3) is 14.8. The molecule has 0 fully saturated rings. The molecule has 4 rings (SSSR count). The standard InChI is InChI=1S/C40H38N8O16/c41-39(42)45-23-5-1-19(2-6-23)37(59)63-27-13-21(33(53)47-29(35(55)56)17-31(49)50)11-25(15-27)61-9-10-62-26-12-22(34(54)48-30(36(57)58)18-32(51)52)14-28(16-26)64-38(60)20-3-7-24(8-4-20)46-40(43)44/h1-8,11-16,29-30H,9-10,17-18H2,(H,47,53)(H,48,54)(H,49,50)(H,51,52)(H,55,56)(H,57,58)(H4,41,42,45)(H4,43,44,46)/t29-,30-/m1/s1. The molecule has 0 bridgehead atoms. The lowest BCUT2D eigenvalue weighted by Gasteiger charge is -2.16. The Kier molecular flexibility index (Phi) is 16.2. The molecule has 4 aromatic rings. The molecule has 0 unspecified atom stereocenters. The Morgan fingerprint density at radius 2 is 0.812 bits per heavy atom. The molecule has 24 nitrogen and oxygen atoms in total. The molecule has 4 aromatic carbocycles. The van der Waals surface area contributed by atoms with Gasteiger partial charge in [0.1, 0.15) is 48.3 Å². The number of nitrogens with zero attached hydrogens (tertiary/aromatic N) is 2. The molecular weight excluding hydrogens is 848 g/mol. The van der Waals surface area contributed by atoms with E-state index >= 15 is 0 Å². The molecule has 2 atom stereocenters. The number of carboxylic acid groups (broad SMARTS) is 4. The van der Waals surface area contributed by atoms with Gasteiger partial charge in [-0.25, -0.2) is 29.2 Å². The number of carbonyl (C=O) groups excluding carboxylic acids is 4. The summed E-state index contributed by atoms with van der Waals surface area (Å²) in [6, 6.07) is 14.1. The lowest BCUT2D eigenvalue weighted by atomic mass is 10.1. The maximum Gasteiger partial charge on any atom is 0.343 e. The number of benzene rings is 4. The fourth-order valence-corrected chi connectivity index (χ4v) is 5.22. The fraction of sp³-hybridized carbons (Fsp3) is 0.150. The molecule has 0 aromatic heterocycles. The van der Waals surface area contributed by atoms with E-state index in [-0.39, 0.29) is 70.4 Å². The third-order valence-corrected chi connectivity index (χ3v) is 8.01. The summed E-state index contributed by atoms with van der Waals surface area (Å²) in [6.07, 6.45) is -1.93. The van der Waals surface area contributed by atoms with Crippen molar-refractivity contribution >= 4 is 70.9 Å². The molecule has 2 amide bonds. The van der Waals surface area contributed by atoms with Crippen molar-refractivity contribution in [3.8, 4) is 23.0 Å². The molecule has 0 spiro atoms.